The van der Waals surface area contributed by atoms with Crippen molar-refractivity contribution < 1.29 is 3.87 Å². The average molecular weight is 122 g/mol. The summed E-state index contributed by atoms with van der Waals surface area (Å²) in [6.07, 6.45) is 1.22. The lowest BCUT2D eigenvalue weighted by Gasteiger charge is -1.88. The average Bonchev–Trinajstić information content (AvgIpc) is 1.61. The summed E-state index contributed by atoms with van der Waals surface area (Å²) in [5.74, 6) is 1.14. The van der Waals surface area contributed by atoms with E-state index in [4.69, 9.17) is 3.87 Å². The highest BCUT2D eigenvalue weighted by Gasteiger charge is 1.75. The molecule has 0 aliphatic heterocycles. The van der Waals surface area contributed by atoms with Crippen LogP contribution >= 0.6 is 12.0 Å². The van der Waals surface area contributed by atoms with Crippen molar-refractivity contribution in [1.82, 2.24) is 0 Å². The number of hydrogen-bond acceptors (Lipinski definition) is 2. The van der Waals surface area contributed by atoms with Crippen LogP contribution < -0.4 is 0 Å². The Labute approximate surface area is 46.2 Å². The molecular weight excluding hydrogens is 112 g/mol. The SMILES string of the molecule is CCCSO[SiH3]. The molecule has 0 fully saturated rings. The molecule has 0 bridgehead atoms. The van der Waals surface area contributed by atoms with Gasteiger partial charge in [-0.1, -0.05) is 6.92 Å². The summed E-state index contributed by atoms with van der Waals surface area (Å²) in [7, 11) is 0.866. The molecule has 38 valence electrons. The standard InChI is InChI=1S/C3H10OSSi/c1-2-3-5-4-6/h2-3H2,1,6H3. The molecule has 0 aliphatic carbocycles. The van der Waals surface area contributed by atoms with Gasteiger partial charge in [0.05, 0.1) is 0 Å². The highest BCUT2D eigenvalue weighted by Crippen LogP contribution is 1.98. The molecule has 0 amide bonds. The van der Waals surface area contributed by atoms with Crippen LogP contribution in [0.3, 0.4) is 0 Å². The predicted molar refractivity (Wildman–Crippen MR) is 33.8 cm³/mol. The van der Waals surface area contributed by atoms with Crippen molar-refractivity contribution in [3.63, 3.8) is 0 Å². The summed E-state index contributed by atoms with van der Waals surface area (Å²) >= 11 is 1.57. The summed E-state index contributed by atoms with van der Waals surface area (Å²) in [5, 5.41) is 0. The highest BCUT2D eigenvalue weighted by molar-refractivity contribution is 7.95. The molecule has 0 saturated heterocycles. The first-order chi connectivity index (χ1) is 2.91. The van der Waals surface area contributed by atoms with Gasteiger partial charge in [0, 0.05) is 5.75 Å². The minimum atomic E-state index is 0.866. The Hall–Kier alpha value is 0.527. The van der Waals surface area contributed by atoms with Crippen LogP contribution in [0.4, 0.5) is 0 Å². The molecule has 0 radical (unpaired) electrons. The van der Waals surface area contributed by atoms with E-state index in [-0.39, 0.29) is 0 Å². The van der Waals surface area contributed by atoms with Crippen molar-refractivity contribution in [3.05, 3.63) is 0 Å². The molecule has 0 atom stereocenters. The third-order valence-corrected chi connectivity index (χ3v) is 1.92. The van der Waals surface area contributed by atoms with Crippen LogP contribution in [-0.2, 0) is 3.87 Å². The van der Waals surface area contributed by atoms with E-state index in [1.54, 1.807) is 12.0 Å². The van der Waals surface area contributed by atoms with Gasteiger partial charge in [-0.25, -0.2) is 0 Å². The minimum absolute atomic E-state index is 0.866. The summed E-state index contributed by atoms with van der Waals surface area (Å²) in [6.45, 7) is 2.15. The van der Waals surface area contributed by atoms with Crippen LogP contribution in [0.25, 0.3) is 0 Å². The summed E-state index contributed by atoms with van der Waals surface area (Å²) < 4.78 is 4.84. The Morgan fingerprint density at radius 2 is 2.50 bits per heavy atom. The third kappa shape index (κ3) is 4.53. The van der Waals surface area contributed by atoms with Crippen LogP contribution in [0.2, 0.25) is 0 Å². The zero-order valence-corrected chi connectivity index (χ0v) is 7.05. The van der Waals surface area contributed by atoms with Gasteiger partial charge in [-0.05, 0) is 18.5 Å². The van der Waals surface area contributed by atoms with E-state index in [9.17, 15) is 0 Å². The first-order valence-corrected chi connectivity index (χ1v) is 3.80. The van der Waals surface area contributed by atoms with Crippen LogP contribution in [0, 0.1) is 0 Å². The highest BCUT2D eigenvalue weighted by atomic mass is 32.2. The Morgan fingerprint density at radius 3 is 2.67 bits per heavy atom. The molecule has 6 heavy (non-hydrogen) atoms. The minimum Gasteiger partial charge on any atom is -0.369 e. The molecular formula is C3H10OSSi. The van der Waals surface area contributed by atoms with E-state index in [1.807, 2.05) is 0 Å². The zero-order chi connectivity index (χ0) is 4.83. The monoisotopic (exact) mass is 122 g/mol. The molecule has 0 N–H and O–H groups in total. The van der Waals surface area contributed by atoms with Gasteiger partial charge in [0.25, 0.3) is 0 Å². The van der Waals surface area contributed by atoms with Gasteiger partial charge in [0.1, 0.15) is 0 Å². The third-order valence-electron chi connectivity index (χ3n) is 0.405. The molecule has 0 rings (SSSR count). The van der Waals surface area contributed by atoms with Crippen molar-refractivity contribution in [2.24, 2.45) is 0 Å². The van der Waals surface area contributed by atoms with Crippen molar-refractivity contribution >= 4 is 22.5 Å². The zero-order valence-electron chi connectivity index (χ0n) is 4.23. The normalized spacial score (nSPS) is 9.50. The van der Waals surface area contributed by atoms with Crippen LogP contribution in [0.1, 0.15) is 13.3 Å². The van der Waals surface area contributed by atoms with Crippen molar-refractivity contribution in [2.45, 2.75) is 13.3 Å². The van der Waals surface area contributed by atoms with Gasteiger partial charge >= 0.3 is 0 Å². The molecule has 0 saturated carbocycles. The lowest BCUT2D eigenvalue weighted by atomic mass is 10.6. The fraction of sp³-hybridized carbons (Fsp3) is 1.00. The Bertz CT molecular complexity index is 22.8. The van der Waals surface area contributed by atoms with Gasteiger partial charge in [0.15, 0.2) is 10.5 Å². The molecule has 0 aromatic rings. The lowest BCUT2D eigenvalue weighted by Crippen LogP contribution is -1.73. The topological polar surface area (TPSA) is 9.23 Å². The van der Waals surface area contributed by atoms with E-state index in [0.717, 1.165) is 16.2 Å². The second kappa shape index (κ2) is 5.53. The summed E-state index contributed by atoms with van der Waals surface area (Å²) in [4.78, 5) is 0. The first kappa shape index (κ1) is 6.53. The van der Waals surface area contributed by atoms with Crippen LogP contribution in [-0.4, -0.2) is 16.2 Å². The quantitative estimate of drug-likeness (QED) is 0.303. The second-order valence-electron chi connectivity index (χ2n) is 0.989. The Kier molecular flexibility index (Phi) is 6.01. The van der Waals surface area contributed by atoms with Gasteiger partial charge in [0.2, 0.25) is 0 Å². The number of hydrogen-bond donors (Lipinski definition) is 0. The molecule has 0 aromatic carbocycles. The second-order valence-corrected chi connectivity index (χ2v) is 2.97. The van der Waals surface area contributed by atoms with E-state index in [2.05, 4.69) is 6.92 Å². The molecule has 0 unspecified atom stereocenters. The van der Waals surface area contributed by atoms with Gasteiger partial charge < -0.3 is 3.87 Å². The molecule has 0 heterocycles. The van der Waals surface area contributed by atoms with E-state index >= 15 is 0 Å². The largest absolute Gasteiger partial charge is 0.369 e. The maximum Gasteiger partial charge on any atom is 0.165 e. The fourth-order valence-corrected chi connectivity index (χ4v) is 1.000. The smallest absolute Gasteiger partial charge is 0.165 e. The van der Waals surface area contributed by atoms with Crippen LogP contribution in [0.15, 0.2) is 0 Å². The molecule has 0 aliphatic rings. The van der Waals surface area contributed by atoms with Crippen molar-refractivity contribution in [2.75, 3.05) is 5.75 Å². The Morgan fingerprint density at radius 1 is 1.83 bits per heavy atom. The van der Waals surface area contributed by atoms with Crippen molar-refractivity contribution in [1.29, 1.82) is 0 Å². The maximum atomic E-state index is 4.84. The molecule has 1 nitrogen and oxygen atoms in total. The number of rotatable bonds is 3. The summed E-state index contributed by atoms with van der Waals surface area (Å²) in [6, 6.07) is 0. The van der Waals surface area contributed by atoms with Gasteiger partial charge in [-0.2, -0.15) is 0 Å². The van der Waals surface area contributed by atoms with E-state index < -0.39 is 0 Å². The molecule has 0 spiro atoms. The molecule has 3 heteroatoms. The first-order valence-electron chi connectivity index (χ1n) is 2.07. The summed E-state index contributed by atoms with van der Waals surface area (Å²) in [5.41, 5.74) is 0. The lowest BCUT2D eigenvalue weighted by molar-refractivity contribution is 0.721. The van der Waals surface area contributed by atoms with Gasteiger partial charge in [-0.15, -0.1) is 0 Å². The fourth-order valence-electron chi connectivity index (χ4n) is 0.167. The van der Waals surface area contributed by atoms with Crippen molar-refractivity contribution in [3.8, 4) is 0 Å². The van der Waals surface area contributed by atoms with E-state index in [0.29, 0.717) is 0 Å². The van der Waals surface area contributed by atoms with Crippen LogP contribution in [0.5, 0.6) is 0 Å². The maximum absolute atomic E-state index is 4.84. The predicted octanol–water partition coefficient (Wildman–Crippen LogP) is 0.342. The van der Waals surface area contributed by atoms with E-state index in [1.165, 1.54) is 6.42 Å². The Balaban J connectivity index is 2.34. The molecule has 0 aromatic heterocycles. The van der Waals surface area contributed by atoms with Gasteiger partial charge in [-0.3, -0.25) is 0 Å².